The first kappa shape index (κ1) is 13.5. The number of piperazine rings is 1. The number of hydrogen-bond donors (Lipinski definition) is 2. The van der Waals surface area contributed by atoms with Gasteiger partial charge in [-0.1, -0.05) is 27.7 Å². The van der Waals surface area contributed by atoms with Gasteiger partial charge in [0.1, 0.15) is 0 Å². The zero-order valence-electron chi connectivity index (χ0n) is 8.70. The monoisotopic (exact) mass is 160 g/mol. The maximum atomic E-state index is 3.32. The maximum absolute atomic E-state index is 3.32. The zero-order valence-corrected chi connectivity index (χ0v) is 8.70. The smallest absolute Gasteiger partial charge is 0.0164 e. The third-order valence-electron chi connectivity index (χ3n) is 1.25. The molecule has 1 heterocycles. The molecule has 0 saturated carbocycles. The average molecular weight is 160 g/mol. The van der Waals surface area contributed by atoms with Gasteiger partial charge in [-0.2, -0.15) is 0 Å². The third kappa shape index (κ3) is 9.92. The van der Waals surface area contributed by atoms with Crippen molar-refractivity contribution in [2.45, 2.75) is 40.7 Å². The second-order valence-electron chi connectivity index (χ2n) is 2.06. The first-order chi connectivity index (χ1) is 5.39. The summed E-state index contributed by atoms with van der Waals surface area (Å²) in [7, 11) is 0. The molecule has 0 aromatic carbocycles. The third-order valence-corrected chi connectivity index (χ3v) is 1.25. The molecule has 2 nitrogen and oxygen atoms in total. The van der Waals surface area contributed by atoms with Gasteiger partial charge in [-0.05, 0) is 6.92 Å². The van der Waals surface area contributed by atoms with E-state index in [1.54, 1.807) is 0 Å². The number of hydrogen-bond acceptors (Lipinski definition) is 2. The highest BCUT2D eigenvalue weighted by Crippen LogP contribution is 1.80. The Bertz CT molecular complexity index is 49.5. The van der Waals surface area contributed by atoms with Crippen LogP contribution in [-0.4, -0.2) is 25.7 Å². The molecule has 0 bridgehead atoms. The highest BCUT2D eigenvalue weighted by molar-refractivity contribution is 4.69. The summed E-state index contributed by atoms with van der Waals surface area (Å²) in [6.07, 6.45) is 0. The van der Waals surface area contributed by atoms with E-state index in [2.05, 4.69) is 17.6 Å². The summed E-state index contributed by atoms with van der Waals surface area (Å²) in [6, 6.07) is 0.675. The van der Waals surface area contributed by atoms with Gasteiger partial charge in [0.05, 0.1) is 0 Å². The summed E-state index contributed by atoms with van der Waals surface area (Å²) in [4.78, 5) is 0. The van der Waals surface area contributed by atoms with Crippen LogP contribution in [-0.2, 0) is 0 Å². The highest BCUT2D eigenvalue weighted by Gasteiger charge is 2.03. The Morgan fingerprint density at radius 2 is 1.55 bits per heavy atom. The minimum absolute atomic E-state index is 0.675. The van der Waals surface area contributed by atoms with Crippen molar-refractivity contribution in [3.63, 3.8) is 0 Å². The van der Waals surface area contributed by atoms with Crippen LogP contribution >= 0.6 is 0 Å². The summed E-state index contributed by atoms with van der Waals surface area (Å²) in [5.41, 5.74) is 0. The minimum atomic E-state index is 0.675. The molecule has 0 radical (unpaired) electrons. The Morgan fingerprint density at radius 3 is 1.73 bits per heavy atom. The topological polar surface area (TPSA) is 24.1 Å². The largest absolute Gasteiger partial charge is 0.314 e. The Balaban J connectivity index is 0. The molecule has 70 valence electrons. The van der Waals surface area contributed by atoms with Crippen LogP contribution in [0.3, 0.4) is 0 Å². The van der Waals surface area contributed by atoms with Gasteiger partial charge in [-0.3, -0.25) is 0 Å². The molecule has 0 aromatic heterocycles. The van der Waals surface area contributed by atoms with Crippen LogP contribution in [0.25, 0.3) is 0 Å². The van der Waals surface area contributed by atoms with Gasteiger partial charge in [-0.15, -0.1) is 0 Å². The molecule has 0 aromatic rings. The van der Waals surface area contributed by atoms with Crippen LogP contribution < -0.4 is 10.6 Å². The van der Waals surface area contributed by atoms with E-state index >= 15 is 0 Å². The Kier molecular flexibility index (Phi) is 15.4. The highest BCUT2D eigenvalue weighted by atomic mass is 15.0. The molecule has 1 saturated heterocycles. The lowest BCUT2D eigenvalue weighted by Gasteiger charge is -2.19. The second kappa shape index (κ2) is 12.6. The normalized spacial score (nSPS) is 22.1. The quantitative estimate of drug-likeness (QED) is 0.563. The van der Waals surface area contributed by atoms with Crippen LogP contribution in [0.15, 0.2) is 0 Å². The van der Waals surface area contributed by atoms with E-state index in [1.807, 2.05) is 27.7 Å². The van der Waals surface area contributed by atoms with E-state index in [0.29, 0.717) is 6.04 Å². The molecule has 2 heteroatoms. The van der Waals surface area contributed by atoms with Gasteiger partial charge in [0.2, 0.25) is 0 Å². The Labute approximate surface area is 71.8 Å². The van der Waals surface area contributed by atoms with Crippen LogP contribution in [0.2, 0.25) is 0 Å². The lowest BCUT2D eigenvalue weighted by molar-refractivity contribution is 0.442. The maximum Gasteiger partial charge on any atom is 0.0164 e. The van der Waals surface area contributed by atoms with E-state index in [-0.39, 0.29) is 0 Å². The average Bonchev–Trinajstić information content (AvgIpc) is 2.13. The van der Waals surface area contributed by atoms with Crippen molar-refractivity contribution >= 4 is 0 Å². The molecular weight excluding hydrogens is 136 g/mol. The minimum Gasteiger partial charge on any atom is -0.314 e. The number of nitrogens with one attached hydrogen (secondary N) is 2. The second-order valence-corrected chi connectivity index (χ2v) is 2.06. The molecule has 11 heavy (non-hydrogen) atoms. The van der Waals surface area contributed by atoms with Gasteiger partial charge in [0, 0.05) is 25.7 Å². The van der Waals surface area contributed by atoms with Crippen molar-refractivity contribution in [3.05, 3.63) is 0 Å². The van der Waals surface area contributed by atoms with Crippen LogP contribution in [0.5, 0.6) is 0 Å². The summed E-state index contributed by atoms with van der Waals surface area (Å²) in [5, 5.41) is 6.59. The van der Waals surface area contributed by atoms with Crippen molar-refractivity contribution in [1.82, 2.24) is 10.6 Å². The van der Waals surface area contributed by atoms with Gasteiger partial charge < -0.3 is 10.6 Å². The molecule has 1 rings (SSSR count). The van der Waals surface area contributed by atoms with Crippen LogP contribution in [0, 0.1) is 0 Å². The zero-order chi connectivity index (χ0) is 9.11. The molecule has 0 amide bonds. The first-order valence-corrected chi connectivity index (χ1v) is 4.83. The van der Waals surface area contributed by atoms with Gasteiger partial charge in [0.15, 0.2) is 0 Å². The molecule has 2 N–H and O–H groups in total. The Hall–Kier alpha value is -0.0800. The fourth-order valence-corrected chi connectivity index (χ4v) is 0.798. The van der Waals surface area contributed by atoms with Crippen LogP contribution in [0.4, 0.5) is 0 Å². The number of rotatable bonds is 0. The predicted molar refractivity (Wildman–Crippen MR) is 53.0 cm³/mol. The van der Waals surface area contributed by atoms with Gasteiger partial charge >= 0.3 is 0 Å². The van der Waals surface area contributed by atoms with Crippen molar-refractivity contribution < 1.29 is 0 Å². The lowest BCUT2D eigenvalue weighted by Crippen LogP contribution is -2.46. The molecule has 1 atom stereocenters. The molecule has 1 aliphatic heterocycles. The standard InChI is InChI=1S/C5H12N2.2C2H6/c1-5-4-6-2-3-7-5;2*1-2/h5-7H,2-4H2,1H3;2*1-2H3. The van der Waals surface area contributed by atoms with Crippen molar-refractivity contribution in [2.24, 2.45) is 0 Å². The summed E-state index contributed by atoms with van der Waals surface area (Å²) >= 11 is 0. The van der Waals surface area contributed by atoms with Gasteiger partial charge in [0.25, 0.3) is 0 Å². The molecule has 0 aliphatic carbocycles. The fraction of sp³-hybridized carbons (Fsp3) is 1.00. The predicted octanol–water partition coefficient (Wildman–Crippen LogP) is 1.62. The van der Waals surface area contributed by atoms with Crippen molar-refractivity contribution in [3.8, 4) is 0 Å². The van der Waals surface area contributed by atoms with E-state index in [0.717, 1.165) is 19.6 Å². The molecular formula is C9H24N2. The van der Waals surface area contributed by atoms with Crippen LogP contribution in [0.1, 0.15) is 34.6 Å². The van der Waals surface area contributed by atoms with E-state index in [4.69, 9.17) is 0 Å². The molecule has 0 spiro atoms. The van der Waals surface area contributed by atoms with E-state index in [9.17, 15) is 0 Å². The summed E-state index contributed by atoms with van der Waals surface area (Å²) in [5.74, 6) is 0. The van der Waals surface area contributed by atoms with E-state index < -0.39 is 0 Å². The van der Waals surface area contributed by atoms with Gasteiger partial charge in [-0.25, -0.2) is 0 Å². The molecule has 1 fully saturated rings. The Morgan fingerprint density at radius 1 is 1.00 bits per heavy atom. The SMILES string of the molecule is CC.CC.CC1CNCCN1. The summed E-state index contributed by atoms with van der Waals surface area (Å²) < 4.78 is 0. The molecule has 1 aliphatic rings. The van der Waals surface area contributed by atoms with E-state index in [1.165, 1.54) is 0 Å². The lowest BCUT2D eigenvalue weighted by atomic mass is 10.3. The van der Waals surface area contributed by atoms with Crippen molar-refractivity contribution in [1.29, 1.82) is 0 Å². The first-order valence-electron chi connectivity index (χ1n) is 4.83. The fourth-order valence-electron chi connectivity index (χ4n) is 0.798. The summed E-state index contributed by atoms with van der Waals surface area (Å²) in [6.45, 7) is 13.6. The molecule has 1 unspecified atom stereocenters. The van der Waals surface area contributed by atoms with Crippen molar-refractivity contribution in [2.75, 3.05) is 19.6 Å².